The van der Waals surface area contributed by atoms with Crippen LogP contribution in [-0.2, 0) is 23.1 Å². The topological polar surface area (TPSA) is 89.0 Å². The van der Waals surface area contributed by atoms with Crippen LogP contribution in [0.4, 0.5) is 13.2 Å². The second kappa shape index (κ2) is 5.32. The Balaban J connectivity index is 2.31. The number of nitrogens with two attached hydrogens (primary N) is 1. The summed E-state index contributed by atoms with van der Waals surface area (Å²) in [5, 5.41) is 9.67. The molecule has 0 bridgehead atoms. The molecule has 1 aliphatic heterocycles. The first-order valence-electron chi connectivity index (χ1n) is 6.81. The molecule has 1 aromatic heterocycles. The lowest BCUT2D eigenvalue weighted by Gasteiger charge is -2.23. The Labute approximate surface area is 134 Å². The number of alkyl halides is 3. The molecule has 0 aliphatic carbocycles. The number of ether oxygens (including phenoxy) is 1. The lowest BCUT2D eigenvalue weighted by molar-refractivity contribution is -0.141. The first-order valence-corrected chi connectivity index (χ1v) is 6.81. The fourth-order valence-corrected chi connectivity index (χ4v) is 2.68. The number of carbonyl (C=O) groups excluding carboxylic acids is 1. The van der Waals surface area contributed by atoms with Crippen molar-refractivity contribution in [3.63, 3.8) is 0 Å². The van der Waals surface area contributed by atoms with E-state index in [1.807, 2.05) is 6.07 Å². The van der Waals surface area contributed by atoms with E-state index in [1.165, 1.54) is 0 Å². The molecule has 2 aromatic rings. The number of pyridine rings is 1. The van der Waals surface area contributed by atoms with Crippen LogP contribution in [0.5, 0.6) is 0 Å². The monoisotopic (exact) mass is 333 g/mol. The predicted molar refractivity (Wildman–Crippen MR) is 75.4 cm³/mol. The molecule has 122 valence electrons. The fourth-order valence-electron chi connectivity index (χ4n) is 2.68. The smallest absolute Gasteiger partial charge is 0.366 e. The number of hydrogen-bond acceptors (Lipinski definition) is 4. The highest BCUT2D eigenvalue weighted by atomic mass is 19.4. The molecule has 1 aliphatic rings. The average Bonchev–Trinajstić information content (AvgIpc) is 2.93. The van der Waals surface area contributed by atoms with Crippen LogP contribution < -0.4 is 5.73 Å². The Morgan fingerprint density at radius 3 is 2.62 bits per heavy atom. The second-order valence-electron chi connectivity index (χ2n) is 5.19. The van der Waals surface area contributed by atoms with E-state index in [0.717, 1.165) is 6.07 Å². The summed E-state index contributed by atoms with van der Waals surface area (Å²) >= 11 is 0. The van der Waals surface area contributed by atoms with Crippen LogP contribution in [0.25, 0.3) is 0 Å². The summed E-state index contributed by atoms with van der Waals surface area (Å²) in [5.41, 5.74) is 2.35. The van der Waals surface area contributed by atoms with Crippen molar-refractivity contribution in [2.45, 2.75) is 18.4 Å². The van der Waals surface area contributed by atoms with Gasteiger partial charge >= 0.3 is 6.18 Å². The minimum Gasteiger partial charge on any atom is -0.366 e. The number of hydrogen-bond donors (Lipinski definition) is 1. The molecule has 24 heavy (non-hydrogen) atoms. The van der Waals surface area contributed by atoms with Crippen molar-refractivity contribution < 1.29 is 22.7 Å². The normalized spacial score (nSPS) is 19.6. The third kappa shape index (κ3) is 2.30. The number of aromatic nitrogens is 1. The van der Waals surface area contributed by atoms with Gasteiger partial charge in [0.1, 0.15) is 17.5 Å². The highest BCUT2D eigenvalue weighted by Crippen LogP contribution is 2.42. The number of rotatable bonds is 2. The first-order chi connectivity index (χ1) is 11.3. The molecule has 0 spiro atoms. The summed E-state index contributed by atoms with van der Waals surface area (Å²) in [7, 11) is 0. The van der Waals surface area contributed by atoms with Gasteiger partial charge < -0.3 is 10.5 Å². The van der Waals surface area contributed by atoms with E-state index in [4.69, 9.17) is 10.5 Å². The van der Waals surface area contributed by atoms with E-state index in [-0.39, 0.29) is 12.2 Å². The maximum Gasteiger partial charge on any atom is 0.433 e. The zero-order chi connectivity index (χ0) is 17.5. The van der Waals surface area contributed by atoms with Crippen molar-refractivity contribution in [3.8, 4) is 6.07 Å². The van der Waals surface area contributed by atoms with Gasteiger partial charge in [-0.05, 0) is 17.7 Å². The average molecular weight is 333 g/mol. The number of nitriles is 1. The van der Waals surface area contributed by atoms with Crippen LogP contribution in [0.15, 0.2) is 36.4 Å². The molecule has 8 heteroatoms. The van der Waals surface area contributed by atoms with Crippen molar-refractivity contribution in [1.29, 1.82) is 5.26 Å². The Hall–Kier alpha value is -2.92. The summed E-state index contributed by atoms with van der Waals surface area (Å²) in [4.78, 5) is 15.2. The summed E-state index contributed by atoms with van der Waals surface area (Å²) in [6, 6.07) is 10.0. The van der Waals surface area contributed by atoms with Gasteiger partial charge in [-0.1, -0.05) is 24.3 Å². The first kappa shape index (κ1) is 16.0. The van der Waals surface area contributed by atoms with Gasteiger partial charge in [0, 0.05) is 5.56 Å². The van der Waals surface area contributed by atoms with Gasteiger partial charge in [0.15, 0.2) is 0 Å². The highest BCUT2D eigenvalue weighted by Gasteiger charge is 2.47. The molecular formula is C16H10F3N3O2. The number of halogens is 3. The van der Waals surface area contributed by atoms with E-state index in [9.17, 15) is 23.2 Å². The third-order valence-corrected chi connectivity index (χ3v) is 3.78. The van der Waals surface area contributed by atoms with Crippen molar-refractivity contribution in [2.24, 2.45) is 5.73 Å². The van der Waals surface area contributed by atoms with Crippen LogP contribution >= 0.6 is 0 Å². The van der Waals surface area contributed by atoms with Gasteiger partial charge in [-0.25, -0.2) is 4.98 Å². The van der Waals surface area contributed by atoms with E-state index in [2.05, 4.69) is 4.98 Å². The Morgan fingerprint density at radius 2 is 2.00 bits per heavy atom. The van der Waals surface area contributed by atoms with Gasteiger partial charge in [0.25, 0.3) is 5.91 Å². The Morgan fingerprint density at radius 1 is 1.29 bits per heavy atom. The fraction of sp³-hybridized carbons (Fsp3) is 0.188. The second-order valence-corrected chi connectivity index (χ2v) is 5.19. The number of carbonyl (C=O) groups is 1. The van der Waals surface area contributed by atoms with Crippen LogP contribution in [0.3, 0.4) is 0 Å². The zero-order valence-corrected chi connectivity index (χ0v) is 12.1. The van der Waals surface area contributed by atoms with E-state index in [0.29, 0.717) is 17.2 Å². The van der Waals surface area contributed by atoms with E-state index in [1.54, 1.807) is 24.3 Å². The molecule has 1 unspecified atom stereocenters. The number of benzene rings is 1. The van der Waals surface area contributed by atoms with Crippen molar-refractivity contribution in [3.05, 3.63) is 64.5 Å². The summed E-state index contributed by atoms with van der Waals surface area (Å²) < 4.78 is 44.5. The van der Waals surface area contributed by atoms with Crippen molar-refractivity contribution in [2.75, 3.05) is 0 Å². The maximum absolute atomic E-state index is 13.0. The number of nitrogens with zero attached hydrogens (tertiary/aromatic N) is 2. The number of fused-ring (bicyclic) bond motifs is 1. The molecule has 1 atom stereocenters. The molecule has 3 rings (SSSR count). The van der Waals surface area contributed by atoms with Crippen LogP contribution in [0, 0.1) is 11.3 Å². The zero-order valence-electron chi connectivity index (χ0n) is 12.1. The molecule has 0 saturated heterocycles. The summed E-state index contributed by atoms with van der Waals surface area (Å²) in [6.45, 7) is 0.0138. The van der Waals surface area contributed by atoms with Gasteiger partial charge in [0.05, 0.1) is 12.2 Å². The van der Waals surface area contributed by atoms with E-state index >= 15 is 0 Å². The lowest BCUT2D eigenvalue weighted by Crippen LogP contribution is -2.31. The minimum atomic E-state index is -4.74. The van der Waals surface area contributed by atoms with Gasteiger partial charge in [-0.3, -0.25) is 4.79 Å². The van der Waals surface area contributed by atoms with Crippen molar-refractivity contribution >= 4 is 5.91 Å². The lowest BCUT2D eigenvalue weighted by atomic mass is 9.87. The van der Waals surface area contributed by atoms with Gasteiger partial charge in [0.2, 0.25) is 5.60 Å². The predicted octanol–water partition coefficient (Wildman–Crippen LogP) is 2.50. The largest absolute Gasteiger partial charge is 0.433 e. The molecule has 2 N–H and O–H groups in total. The molecule has 0 fully saturated rings. The van der Waals surface area contributed by atoms with Crippen LogP contribution in [0.1, 0.15) is 32.9 Å². The van der Waals surface area contributed by atoms with Crippen molar-refractivity contribution in [1.82, 2.24) is 4.98 Å². The molecule has 1 amide bonds. The number of amides is 1. The molecular weight excluding hydrogens is 323 g/mol. The SMILES string of the molecule is N#CC1(c2nc(C(F)(F)F)ccc2C(N)=O)OCc2ccccc21. The molecule has 0 radical (unpaired) electrons. The van der Waals surface area contributed by atoms with Crippen LogP contribution in [0.2, 0.25) is 0 Å². The Bertz CT molecular complexity index is 874. The third-order valence-electron chi connectivity index (χ3n) is 3.78. The molecule has 0 saturated carbocycles. The standard InChI is InChI=1S/C16H10F3N3O2/c17-16(18,19)12-6-5-10(14(21)23)13(22-12)15(8-20)11-4-2-1-3-9(11)7-24-15/h1-6H,7H2,(H2,21,23). The maximum atomic E-state index is 13.0. The summed E-state index contributed by atoms with van der Waals surface area (Å²) in [6.07, 6.45) is -4.74. The van der Waals surface area contributed by atoms with Crippen LogP contribution in [-0.4, -0.2) is 10.9 Å². The molecule has 2 heterocycles. The molecule has 5 nitrogen and oxygen atoms in total. The minimum absolute atomic E-state index is 0.0138. The van der Waals surface area contributed by atoms with Gasteiger partial charge in [-0.2, -0.15) is 18.4 Å². The summed E-state index contributed by atoms with van der Waals surface area (Å²) in [5.74, 6) is -0.992. The quantitative estimate of drug-likeness (QED) is 0.914. The number of primary amides is 1. The van der Waals surface area contributed by atoms with Gasteiger partial charge in [-0.15, -0.1) is 0 Å². The molecule has 1 aromatic carbocycles. The highest BCUT2D eigenvalue weighted by molar-refractivity contribution is 5.94. The van der Waals surface area contributed by atoms with E-state index < -0.39 is 29.1 Å². The Kier molecular flexibility index (Phi) is 3.53.